The highest BCUT2D eigenvalue weighted by Gasteiger charge is 2.30. The number of aromatic nitrogens is 2. The first kappa shape index (κ1) is 14.8. The summed E-state index contributed by atoms with van der Waals surface area (Å²) in [6.07, 6.45) is 1.83. The van der Waals surface area contributed by atoms with E-state index in [4.69, 9.17) is 27.7 Å². The molecule has 0 radical (unpaired) electrons. The number of carbonyl (C=O) groups excluding carboxylic acids is 1. The summed E-state index contributed by atoms with van der Waals surface area (Å²) in [5.74, 6) is 1.20. The van der Waals surface area contributed by atoms with Gasteiger partial charge >= 0.3 is 0 Å². The first-order chi connectivity index (χ1) is 10.0. The van der Waals surface area contributed by atoms with Gasteiger partial charge in [0.25, 0.3) is 5.91 Å². The predicted molar refractivity (Wildman–Crippen MR) is 81.3 cm³/mol. The van der Waals surface area contributed by atoms with Gasteiger partial charge in [-0.3, -0.25) is 4.79 Å². The van der Waals surface area contributed by atoms with Gasteiger partial charge in [0.05, 0.1) is 15.8 Å². The molecule has 21 heavy (non-hydrogen) atoms. The Balaban J connectivity index is 1.77. The van der Waals surface area contributed by atoms with E-state index < -0.39 is 0 Å². The Bertz CT molecular complexity index is 670. The molecule has 0 aromatic carbocycles. The molecule has 0 saturated carbocycles. The highest BCUT2D eigenvalue weighted by Crippen LogP contribution is 2.33. The van der Waals surface area contributed by atoms with E-state index in [1.165, 1.54) is 11.3 Å². The molecular weight excluding hydrogens is 333 g/mol. The van der Waals surface area contributed by atoms with E-state index in [9.17, 15) is 4.79 Å². The number of aryl methyl sites for hydroxylation is 1. The molecule has 8 heteroatoms. The summed E-state index contributed by atoms with van der Waals surface area (Å²) >= 11 is 13.2. The van der Waals surface area contributed by atoms with Crippen LogP contribution in [0.15, 0.2) is 10.6 Å². The Morgan fingerprint density at radius 2 is 2.33 bits per heavy atom. The minimum Gasteiger partial charge on any atom is -0.339 e. The number of amides is 1. The number of carbonyl (C=O) groups is 1. The molecule has 2 aromatic rings. The molecule has 5 nitrogen and oxygen atoms in total. The number of nitrogens with zero attached hydrogens (tertiary/aromatic N) is 3. The van der Waals surface area contributed by atoms with Crippen molar-refractivity contribution < 1.29 is 9.32 Å². The molecule has 1 aliphatic heterocycles. The smallest absolute Gasteiger partial charge is 0.256 e. The zero-order chi connectivity index (χ0) is 15.0. The largest absolute Gasteiger partial charge is 0.339 e. The van der Waals surface area contributed by atoms with Gasteiger partial charge in [0.2, 0.25) is 5.89 Å². The minimum absolute atomic E-state index is 0.0804. The molecule has 3 heterocycles. The van der Waals surface area contributed by atoms with Crippen LogP contribution in [0.4, 0.5) is 0 Å². The molecule has 1 saturated heterocycles. The lowest BCUT2D eigenvalue weighted by Gasteiger charge is -2.30. The van der Waals surface area contributed by atoms with Crippen LogP contribution in [0.1, 0.15) is 40.8 Å². The lowest BCUT2D eigenvalue weighted by atomic mass is 9.97. The quantitative estimate of drug-likeness (QED) is 0.831. The van der Waals surface area contributed by atoms with E-state index in [1.807, 2.05) is 0 Å². The average molecular weight is 346 g/mol. The molecule has 0 bridgehead atoms. The molecule has 1 aliphatic rings. The minimum atomic E-state index is -0.0934. The first-order valence-corrected chi connectivity index (χ1v) is 8.16. The Morgan fingerprint density at radius 3 is 2.95 bits per heavy atom. The van der Waals surface area contributed by atoms with Crippen LogP contribution in [0.5, 0.6) is 0 Å². The highest BCUT2D eigenvalue weighted by atomic mass is 35.5. The third-order valence-corrected chi connectivity index (χ3v) is 4.98. The van der Waals surface area contributed by atoms with Crippen LogP contribution in [-0.4, -0.2) is 34.0 Å². The van der Waals surface area contributed by atoms with Crippen LogP contribution in [0.3, 0.4) is 0 Å². The van der Waals surface area contributed by atoms with Crippen LogP contribution in [0.2, 0.25) is 8.67 Å². The second kappa shape index (κ2) is 5.94. The van der Waals surface area contributed by atoms with Crippen molar-refractivity contribution in [3.63, 3.8) is 0 Å². The van der Waals surface area contributed by atoms with Crippen LogP contribution in [0.25, 0.3) is 0 Å². The fourth-order valence-corrected chi connectivity index (χ4v) is 3.95. The van der Waals surface area contributed by atoms with Crippen molar-refractivity contribution >= 4 is 40.4 Å². The molecule has 1 amide bonds. The number of thiophene rings is 1. The fourth-order valence-electron chi connectivity index (χ4n) is 2.50. The average Bonchev–Trinajstić information content (AvgIpc) is 3.04. The van der Waals surface area contributed by atoms with Crippen molar-refractivity contribution in [2.24, 2.45) is 0 Å². The molecule has 1 fully saturated rings. The highest BCUT2D eigenvalue weighted by molar-refractivity contribution is 7.20. The van der Waals surface area contributed by atoms with Gasteiger partial charge in [0, 0.05) is 13.1 Å². The Morgan fingerprint density at radius 1 is 1.52 bits per heavy atom. The summed E-state index contributed by atoms with van der Waals surface area (Å²) in [7, 11) is 0. The number of hydrogen-bond donors (Lipinski definition) is 0. The van der Waals surface area contributed by atoms with Crippen LogP contribution in [-0.2, 0) is 0 Å². The maximum absolute atomic E-state index is 12.5. The van der Waals surface area contributed by atoms with E-state index in [-0.39, 0.29) is 11.8 Å². The number of piperidine rings is 1. The lowest BCUT2D eigenvalue weighted by Crippen LogP contribution is -2.39. The van der Waals surface area contributed by atoms with Crippen molar-refractivity contribution in [3.05, 3.63) is 32.0 Å². The molecule has 0 spiro atoms. The molecule has 1 unspecified atom stereocenters. The Kier molecular flexibility index (Phi) is 4.19. The molecule has 1 atom stereocenters. The summed E-state index contributed by atoms with van der Waals surface area (Å²) in [5, 5.41) is 3.81. The maximum atomic E-state index is 12.5. The monoisotopic (exact) mass is 345 g/mol. The molecule has 0 N–H and O–H groups in total. The number of rotatable bonds is 2. The fraction of sp³-hybridized carbons (Fsp3) is 0.462. The molecule has 2 aromatic heterocycles. The van der Waals surface area contributed by atoms with Gasteiger partial charge in [0.1, 0.15) is 4.34 Å². The molecule has 3 rings (SSSR count). The van der Waals surface area contributed by atoms with Gasteiger partial charge in [-0.25, -0.2) is 0 Å². The zero-order valence-corrected chi connectivity index (χ0v) is 13.6. The number of hydrogen-bond acceptors (Lipinski definition) is 5. The van der Waals surface area contributed by atoms with E-state index in [1.54, 1.807) is 17.9 Å². The summed E-state index contributed by atoms with van der Waals surface area (Å²) in [6, 6.07) is 1.62. The SMILES string of the molecule is Cc1noc(C2CCCN(C(=O)c3cc(Cl)sc3Cl)C2)n1. The second-order valence-corrected chi connectivity index (χ2v) is 7.29. The van der Waals surface area contributed by atoms with E-state index in [0.29, 0.717) is 39.0 Å². The summed E-state index contributed by atoms with van der Waals surface area (Å²) < 4.78 is 6.17. The van der Waals surface area contributed by atoms with Crippen LogP contribution >= 0.6 is 34.5 Å². The molecular formula is C13H13Cl2N3O2S. The third kappa shape index (κ3) is 3.07. The normalized spacial score (nSPS) is 19.0. The van der Waals surface area contributed by atoms with Crippen LogP contribution in [0, 0.1) is 6.92 Å². The zero-order valence-electron chi connectivity index (χ0n) is 11.3. The first-order valence-electron chi connectivity index (χ1n) is 6.59. The van der Waals surface area contributed by atoms with Crippen molar-refractivity contribution in [2.75, 3.05) is 13.1 Å². The Labute approximate surface area is 135 Å². The molecule has 112 valence electrons. The van der Waals surface area contributed by atoms with Crippen molar-refractivity contribution in [1.29, 1.82) is 0 Å². The van der Waals surface area contributed by atoms with Crippen molar-refractivity contribution in [3.8, 4) is 0 Å². The summed E-state index contributed by atoms with van der Waals surface area (Å²) in [5.41, 5.74) is 0.467. The van der Waals surface area contributed by atoms with Gasteiger partial charge in [-0.05, 0) is 25.8 Å². The van der Waals surface area contributed by atoms with E-state index in [0.717, 1.165) is 12.8 Å². The van der Waals surface area contributed by atoms with Crippen molar-refractivity contribution in [1.82, 2.24) is 15.0 Å². The number of likely N-dealkylation sites (tertiary alicyclic amines) is 1. The van der Waals surface area contributed by atoms with Gasteiger partial charge in [0.15, 0.2) is 5.82 Å². The number of halogens is 2. The van der Waals surface area contributed by atoms with Crippen molar-refractivity contribution in [2.45, 2.75) is 25.7 Å². The standard InChI is InChI=1S/C13H13Cl2N3O2S/c1-7-16-12(20-17-7)8-3-2-4-18(6-8)13(19)9-5-10(14)21-11(9)15/h5,8H,2-4,6H2,1H3. The summed E-state index contributed by atoms with van der Waals surface area (Å²) in [4.78, 5) is 18.6. The summed E-state index contributed by atoms with van der Waals surface area (Å²) in [6.45, 7) is 3.04. The van der Waals surface area contributed by atoms with Gasteiger partial charge in [-0.15, -0.1) is 11.3 Å². The topological polar surface area (TPSA) is 59.2 Å². The lowest BCUT2D eigenvalue weighted by molar-refractivity contribution is 0.0696. The van der Waals surface area contributed by atoms with Crippen LogP contribution < -0.4 is 0 Å². The van der Waals surface area contributed by atoms with Gasteiger partial charge in [-0.2, -0.15) is 4.98 Å². The maximum Gasteiger partial charge on any atom is 0.256 e. The predicted octanol–water partition coefficient (Wildman–Crippen LogP) is 3.77. The van der Waals surface area contributed by atoms with Gasteiger partial charge < -0.3 is 9.42 Å². The van der Waals surface area contributed by atoms with E-state index in [2.05, 4.69) is 10.1 Å². The van der Waals surface area contributed by atoms with E-state index >= 15 is 0 Å². The second-order valence-electron chi connectivity index (χ2n) is 5.01. The Hall–Kier alpha value is -1.11. The molecule has 0 aliphatic carbocycles. The third-order valence-electron chi connectivity index (χ3n) is 3.49. The van der Waals surface area contributed by atoms with Gasteiger partial charge in [-0.1, -0.05) is 28.4 Å².